The molecule has 0 aromatic rings. The summed E-state index contributed by atoms with van der Waals surface area (Å²) in [5, 5.41) is 0. The summed E-state index contributed by atoms with van der Waals surface area (Å²) in [4.78, 5) is 0. The number of hydrogen-bond donors (Lipinski definition) is 0. The zero-order valence-corrected chi connectivity index (χ0v) is 7.15. The Labute approximate surface area is 77.7 Å². The summed E-state index contributed by atoms with van der Waals surface area (Å²) in [5.74, 6) is 0. The van der Waals surface area contributed by atoms with Crippen LogP contribution in [0.3, 0.4) is 0 Å². The van der Waals surface area contributed by atoms with Crippen LogP contribution >= 0.6 is 0 Å². The van der Waals surface area contributed by atoms with Crippen LogP contribution in [0.4, 0.5) is 0 Å². The Balaban J connectivity index is 0. The van der Waals surface area contributed by atoms with Crippen molar-refractivity contribution < 1.29 is 77.5 Å². The molecular formula is H7CoNbO7. The zero-order valence-electron chi connectivity index (χ0n) is 3.91. The molecule has 0 aromatic heterocycles. The summed E-state index contributed by atoms with van der Waals surface area (Å²) in [6.07, 6.45) is 0. The third kappa shape index (κ3) is 466. The summed E-state index contributed by atoms with van der Waals surface area (Å²) >= 11 is 0. The average Bonchev–Trinajstić information content (AvgIpc) is 0. The van der Waals surface area contributed by atoms with Crippen molar-refractivity contribution in [2.75, 3.05) is 0 Å². The van der Waals surface area contributed by atoms with Crippen molar-refractivity contribution >= 4 is 0 Å². The quantitative estimate of drug-likeness (QED) is 0.487. The minimum Gasteiger partial charge on any atom is -0.870 e. The van der Waals surface area contributed by atoms with Crippen LogP contribution in [-0.2, 0) is 39.2 Å². The predicted molar refractivity (Wildman–Crippen MR) is 13.6 cm³/mol. The number of hydrogen-bond acceptors (Lipinski definition) is 7. The van der Waals surface area contributed by atoms with Gasteiger partial charge in [-0.25, -0.2) is 0 Å². The standard InChI is InChI=1S/Co.Nb.7H2O/h;;7*1H2/q+2;+5;;;;;;;/p-7. The minimum absolute atomic E-state index is 0. The predicted octanol–water partition coefficient (Wildman–Crippen LogP) is -1.24. The second-order valence-electron chi connectivity index (χ2n) is 0. The van der Waals surface area contributed by atoms with E-state index < -0.39 is 0 Å². The Morgan fingerprint density at radius 2 is 0.333 bits per heavy atom. The number of rotatable bonds is 0. The molecule has 0 fully saturated rings. The van der Waals surface area contributed by atoms with Crippen LogP contribution in [0.2, 0.25) is 0 Å². The van der Waals surface area contributed by atoms with Crippen LogP contribution < -0.4 is 0 Å². The maximum absolute atomic E-state index is 0. The van der Waals surface area contributed by atoms with Gasteiger partial charge in [0, 0.05) is 0 Å². The molecule has 0 atom stereocenters. The molecule has 7 N–H and O–H groups in total. The first-order valence-corrected chi connectivity index (χ1v) is 0. The first-order chi connectivity index (χ1) is 0. The van der Waals surface area contributed by atoms with E-state index in [9.17, 15) is 0 Å². The second-order valence-corrected chi connectivity index (χ2v) is 0. The minimum atomic E-state index is 0. The molecule has 0 aliphatic carbocycles. The van der Waals surface area contributed by atoms with Crippen molar-refractivity contribution in [1.29, 1.82) is 0 Å². The van der Waals surface area contributed by atoms with E-state index in [-0.39, 0.29) is 77.5 Å². The van der Waals surface area contributed by atoms with Gasteiger partial charge in [-0.1, -0.05) is 0 Å². The summed E-state index contributed by atoms with van der Waals surface area (Å²) < 4.78 is 0. The molecule has 0 unspecified atom stereocenters. The molecule has 0 bridgehead atoms. The SMILES string of the molecule is [Co+2].[Nb+5].[OH-].[OH-].[OH-].[OH-].[OH-].[OH-].[OH-]. The monoisotopic (exact) mass is 271 g/mol. The fourth-order valence-electron chi connectivity index (χ4n) is 0. The van der Waals surface area contributed by atoms with E-state index in [1.807, 2.05) is 0 Å². The molecular weight excluding hydrogens is 264 g/mol. The van der Waals surface area contributed by atoms with E-state index in [0.717, 1.165) is 0 Å². The fourth-order valence-corrected chi connectivity index (χ4v) is 0. The van der Waals surface area contributed by atoms with Crippen LogP contribution in [0, 0.1) is 0 Å². The first kappa shape index (κ1) is 857. The summed E-state index contributed by atoms with van der Waals surface area (Å²) in [6, 6.07) is 0. The van der Waals surface area contributed by atoms with Gasteiger partial charge in [-0.15, -0.1) is 0 Å². The van der Waals surface area contributed by atoms with Crippen LogP contribution in [0.5, 0.6) is 0 Å². The molecule has 0 aromatic carbocycles. The van der Waals surface area contributed by atoms with Gasteiger partial charge in [0.1, 0.15) is 0 Å². The van der Waals surface area contributed by atoms with Gasteiger partial charge >= 0.3 is 39.2 Å². The molecule has 63 valence electrons. The average molecular weight is 271 g/mol. The molecule has 0 aliphatic heterocycles. The molecule has 9 heavy (non-hydrogen) atoms. The van der Waals surface area contributed by atoms with E-state index in [1.165, 1.54) is 0 Å². The van der Waals surface area contributed by atoms with Crippen LogP contribution in [0.1, 0.15) is 0 Å². The van der Waals surface area contributed by atoms with Crippen LogP contribution in [0.15, 0.2) is 0 Å². The van der Waals surface area contributed by atoms with Crippen molar-refractivity contribution in [1.82, 2.24) is 0 Å². The first-order valence-electron chi connectivity index (χ1n) is 0. The Hall–Kier alpha value is 0.967. The molecule has 1 radical (unpaired) electrons. The zero-order chi connectivity index (χ0) is 0. The molecule has 0 saturated carbocycles. The Kier molecular flexibility index (Phi) is 58000. The normalized spacial score (nSPS) is 0. The van der Waals surface area contributed by atoms with Crippen molar-refractivity contribution in [3.8, 4) is 0 Å². The molecule has 0 spiro atoms. The molecule has 0 rings (SSSR count). The summed E-state index contributed by atoms with van der Waals surface area (Å²) in [6.45, 7) is 0. The molecule has 9 heteroatoms. The van der Waals surface area contributed by atoms with E-state index >= 15 is 0 Å². The van der Waals surface area contributed by atoms with E-state index in [2.05, 4.69) is 0 Å². The van der Waals surface area contributed by atoms with Crippen molar-refractivity contribution in [3.05, 3.63) is 0 Å². The Bertz CT molecular complexity index is 8.88. The van der Waals surface area contributed by atoms with Crippen molar-refractivity contribution in [2.24, 2.45) is 0 Å². The molecule has 0 aliphatic rings. The van der Waals surface area contributed by atoms with E-state index in [0.29, 0.717) is 0 Å². The Morgan fingerprint density at radius 1 is 0.333 bits per heavy atom. The van der Waals surface area contributed by atoms with Gasteiger partial charge in [0.25, 0.3) is 0 Å². The van der Waals surface area contributed by atoms with Gasteiger partial charge in [0.15, 0.2) is 0 Å². The van der Waals surface area contributed by atoms with Crippen molar-refractivity contribution in [2.45, 2.75) is 0 Å². The summed E-state index contributed by atoms with van der Waals surface area (Å²) in [7, 11) is 0. The van der Waals surface area contributed by atoms with Crippen LogP contribution in [0.25, 0.3) is 0 Å². The van der Waals surface area contributed by atoms with Gasteiger partial charge < -0.3 is 38.3 Å². The maximum Gasteiger partial charge on any atom is 5.00 e. The van der Waals surface area contributed by atoms with Gasteiger partial charge in [0.2, 0.25) is 0 Å². The van der Waals surface area contributed by atoms with Gasteiger partial charge in [-0.2, -0.15) is 0 Å². The topological polar surface area (TPSA) is 210 Å². The Morgan fingerprint density at radius 3 is 0.333 bits per heavy atom. The van der Waals surface area contributed by atoms with Crippen LogP contribution in [-0.4, -0.2) is 38.3 Å². The van der Waals surface area contributed by atoms with E-state index in [4.69, 9.17) is 0 Å². The molecule has 0 amide bonds. The largest absolute Gasteiger partial charge is 5.00 e. The molecule has 0 heterocycles. The van der Waals surface area contributed by atoms with Gasteiger partial charge in [-0.3, -0.25) is 0 Å². The third-order valence-corrected chi connectivity index (χ3v) is 0. The van der Waals surface area contributed by atoms with Crippen molar-refractivity contribution in [3.63, 3.8) is 0 Å². The summed E-state index contributed by atoms with van der Waals surface area (Å²) in [5.41, 5.74) is 0. The molecule has 7 nitrogen and oxygen atoms in total. The smallest absolute Gasteiger partial charge is 0.870 e. The molecule has 0 saturated heterocycles. The van der Waals surface area contributed by atoms with E-state index in [1.54, 1.807) is 0 Å². The van der Waals surface area contributed by atoms with Gasteiger partial charge in [-0.05, 0) is 0 Å². The maximum atomic E-state index is 0. The second kappa shape index (κ2) is 609. The fraction of sp³-hybridized carbons (Fsp3) is 0. The third-order valence-electron chi connectivity index (χ3n) is 0. The van der Waals surface area contributed by atoms with Gasteiger partial charge in [0.05, 0.1) is 0 Å².